The zero-order chi connectivity index (χ0) is 13.8. The van der Waals surface area contributed by atoms with Crippen molar-refractivity contribution >= 4 is 23.2 Å². The normalized spacial score (nSPS) is 19.3. The van der Waals surface area contributed by atoms with Gasteiger partial charge in [-0.15, -0.1) is 0 Å². The molecule has 1 unspecified atom stereocenters. The molecule has 1 aliphatic heterocycles. The minimum Gasteiger partial charge on any atom is -0.376 e. The maximum absolute atomic E-state index is 12.1. The summed E-state index contributed by atoms with van der Waals surface area (Å²) in [6.45, 7) is 6.28. The first kappa shape index (κ1) is 14.2. The summed E-state index contributed by atoms with van der Waals surface area (Å²) < 4.78 is 0. The summed E-state index contributed by atoms with van der Waals surface area (Å²) in [6.07, 6.45) is 2.34. The fourth-order valence-corrected chi connectivity index (χ4v) is 2.59. The van der Waals surface area contributed by atoms with Crippen LogP contribution in [0.5, 0.6) is 0 Å². The lowest BCUT2D eigenvalue weighted by Gasteiger charge is -2.31. The third kappa shape index (κ3) is 3.87. The van der Waals surface area contributed by atoms with Gasteiger partial charge in [0.1, 0.15) is 0 Å². The van der Waals surface area contributed by atoms with Crippen LogP contribution < -0.4 is 5.32 Å². The number of benzene rings is 1. The van der Waals surface area contributed by atoms with Crippen molar-refractivity contribution in [3.05, 3.63) is 28.8 Å². The molecule has 1 aromatic carbocycles. The first-order valence-electron chi connectivity index (χ1n) is 6.84. The van der Waals surface area contributed by atoms with Gasteiger partial charge in [0.25, 0.3) is 0 Å². The van der Waals surface area contributed by atoms with Crippen molar-refractivity contribution in [1.29, 1.82) is 0 Å². The molecule has 1 fully saturated rings. The van der Waals surface area contributed by atoms with Crippen LogP contribution in [0.4, 0.5) is 5.69 Å². The molecule has 1 atom stereocenters. The first-order valence-corrected chi connectivity index (χ1v) is 7.22. The Labute approximate surface area is 119 Å². The van der Waals surface area contributed by atoms with Crippen molar-refractivity contribution in [2.24, 2.45) is 5.92 Å². The smallest absolute Gasteiger partial charge is 0.241 e. The molecule has 1 saturated heterocycles. The highest BCUT2D eigenvalue weighted by atomic mass is 35.5. The number of amides is 1. The van der Waals surface area contributed by atoms with Crippen LogP contribution in [-0.2, 0) is 4.79 Å². The summed E-state index contributed by atoms with van der Waals surface area (Å²) in [5.74, 6) is 0.787. The Hall–Kier alpha value is -1.22. The second-order valence-corrected chi connectivity index (χ2v) is 5.81. The molecule has 1 amide bonds. The molecule has 0 bridgehead atoms. The zero-order valence-corrected chi connectivity index (χ0v) is 12.3. The van der Waals surface area contributed by atoms with Crippen molar-refractivity contribution in [2.45, 2.75) is 26.7 Å². The average molecular weight is 281 g/mol. The van der Waals surface area contributed by atoms with E-state index in [2.05, 4.69) is 12.2 Å². The van der Waals surface area contributed by atoms with Crippen LogP contribution in [-0.4, -0.2) is 30.4 Å². The molecule has 104 valence electrons. The fourth-order valence-electron chi connectivity index (χ4n) is 2.41. The van der Waals surface area contributed by atoms with Crippen molar-refractivity contribution in [2.75, 3.05) is 25.0 Å². The Bertz CT molecular complexity index is 461. The van der Waals surface area contributed by atoms with E-state index >= 15 is 0 Å². The summed E-state index contributed by atoms with van der Waals surface area (Å²) in [6, 6.07) is 5.77. The van der Waals surface area contributed by atoms with E-state index < -0.39 is 0 Å². The molecule has 0 saturated carbocycles. The third-order valence-corrected chi connectivity index (χ3v) is 4.03. The van der Waals surface area contributed by atoms with E-state index in [9.17, 15) is 4.79 Å². The van der Waals surface area contributed by atoms with Gasteiger partial charge in [0.15, 0.2) is 0 Å². The number of hydrogen-bond donors (Lipinski definition) is 1. The highest BCUT2D eigenvalue weighted by Gasteiger charge is 2.20. The summed E-state index contributed by atoms with van der Waals surface area (Å²) in [4.78, 5) is 14.1. The van der Waals surface area contributed by atoms with E-state index in [1.807, 2.05) is 30.0 Å². The molecule has 2 rings (SSSR count). The van der Waals surface area contributed by atoms with Gasteiger partial charge in [0.05, 0.1) is 6.54 Å². The van der Waals surface area contributed by atoms with Gasteiger partial charge in [-0.05, 0) is 43.4 Å². The Morgan fingerprint density at radius 1 is 1.53 bits per heavy atom. The van der Waals surface area contributed by atoms with E-state index in [1.54, 1.807) is 0 Å². The van der Waals surface area contributed by atoms with Gasteiger partial charge < -0.3 is 10.2 Å². The van der Waals surface area contributed by atoms with Crippen LogP contribution in [0.2, 0.25) is 5.02 Å². The zero-order valence-electron chi connectivity index (χ0n) is 11.6. The highest BCUT2D eigenvalue weighted by Crippen LogP contribution is 2.20. The van der Waals surface area contributed by atoms with E-state index in [-0.39, 0.29) is 5.91 Å². The van der Waals surface area contributed by atoms with Crippen molar-refractivity contribution in [1.82, 2.24) is 4.90 Å². The maximum Gasteiger partial charge on any atom is 0.241 e. The summed E-state index contributed by atoms with van der Waals surface area (Å²) >= 11 is 6.06. The number of carbonyl (C=O) groups excluding carboxylic acids is 1. The molecule has 0 aliphatic carbocycles. The lowest BCUT2D eigenvalue weighted by atomic mass is 10.0. The topological polar surface area (TPSA) is 32.3 Å². The predicted octanol–water partition coefficient (Wildman–Crippen LogP) is 3.32. The van der Waals surface area contributed by atoms with Gasteiger partial charge in [-0.2, -0.15) is 0 Å². The van der Waals surface area contributed by atoms with E-state index in [1.165, 1.54) is 6.42 Å². The molecule has 4 heteroatoms. The van der Waals surface area contributed by atoms with E-state index in [0.29, 0.717) is 12.5 Å². The summed E-state index contributed by atoms with van der Waals surface area (Å²) in [7, 11) is 0. The number of nitrogens with one attached hydrogen (secondary N) is 1. The highest BCUT2D eigenvalue weighted by molar-refractivity contribution is 6.31. The maximum atomic E-state index is 12.1. The molecule has 0 spiro atoms. The van der Waals surface area contributed by atoms with Gasteiger partial charge in [-0.1, -0.05) is 24.6 Å². The predicted molar refractivity (Wildman–Crippen MR) is 79.7 cm³/mol. The molecule has 1 aliphatic rings. The van der Waals surface area contributed by atoms with Crippen molar-refractivity contribution < 1.29 is 4.79 Å². The van der Waals surface area contributed by atoms with Gasteiger partial charge in [-0.25, -0.2) is 0 Å². The largest absolute Gasteiger partial charge is 0.376 e. The van der Waals surface area contributed by atoms with E-state index in [0.717, 1.165) is 35.8 Å². The molecule has 1 heterocycles. The molecule has 3 nitrogen and oxygen atoms in total. The quantitative estimate of drug-likeness (QED) is 0.921. The number of rotatable bonds is 3. The molecule has 1 aromatic rings. The lowest BCUT2D eigenvalue weighted by molar-refractivity contribution is -0.130. The third-order valence-electron chi connectivity index (χ3n) is 3.63. The molecular formula is C15H21ClN2O. The fraction of sp³-hybridized carbons (Fsp3) is 0.533. The van der Waals surface area contributed by atoms with Crippen molar-refractivity contribution in [3.63, 3.8) is 0 Å². The van der Waals surface area contributed by atoms with Gasteiger partial charge in [0.2, 0.25) is 5.91 Å². The molecule has 0 radical (unpaired) electrons. The number of hydrogen-bond acceptors (Lipinski definition) is 2. The summed E-state index contributed by atoms with van der Waals surface area (Å²) in [5.41, 5.74) is 1.94. The van der Waals surface area contributed by atoms with Crippen molar-refractivity contribution in [3.8, 4) is 0 Å². The summed E-state index contributed by atoms with van der Waals surface area (Å²) in [5, 5.41) is 3.87. The minimum atomic E-state index is 0.170. The number of anilines is 1. The second kappa shape index (κ2) is 6.29. The van der Waals surface area contributed by atoms with Crippen LogP contribution in [0.1, 0.15) is 25.3 Å². The molecule has 19 heavy (non-hydrogen) atoms. The second-order valence-electron chi connectivity index (χ2n) is 5.40. The number of piperidine rings is 1. The SMILES string of the molecule is Cc1ccc(NCC(=O)N2CCCC(C)C2)cc1Cl. The van der Waals surface area contributed by atoms with Gasteiger partial charge in [-0.3, -0.25) is 4.79 Å². The average Bonchev–Trinajstić information content (AvgIpc) is 2.40. The Balaban J connectivity index is 1.87. The molecule has 0 aromatic heterocycles. The standard InChI is InChI=1S/C15H21ClN2O/c1-11-4-3-7-18(10-11)15(19)9-17-13-6-5-12(2)14(16)8-13/h5-6,8,11,17H,3-4,7,9-10H2,1-2H3. The number of carbonyl (C=O) groups is 1. The first-order chi connectivity index (χ1) is 9.06. The van der Waals surface area contributed by atoms with Crippen LogP contribution in [0.15, 0.2) is 18.2 Å². The number of halogens is 1. The minimum absolute atomic E-state index is 0.170. The number of nitrogens with zero attached hydrogens (tertiary/aromatic N) is 1. The number of likely N-dealkylation sites (tertiary alicyclic amines) is 1. The Morgan fingerprint density at radius 2 is 2.32 bits per heavy atom. The van der Waals surface area contributed by atoms with Crippen LogP contribution >= 0.6 is 11.6 Å². The van der Waals surface area contributed by atoms with Crippen LogP contribution in [0.25, 0.3) is 0 Å². The number of aryl methyl sites for hydroxylation is 1. The lowest BCUT2D eigenvalue weighted by Crippen LogP contribution is -2.41. The van der Waals surface area contributed by atoms with Crippen LogP contribution in [0.3, 0.4) is 0 Å². The molecule has 1 N–H and O–H groups in total. The monoisotopic (exact) mass is 280 g/mol. The van der Waals surface area contributed by atoms with Gasteiger partial charge in [0, 0.05) is 23.8 Å². The molecular weight excluding hydrogens is 260 g/mol. The van der Waals surface area contributed by atoms with Gasteiger partial charge >= 0.3 is 0 Å². The van der Waals surface area contributed by atoms with Crippen LogP contribution in [0, 0.1) is 12.8 Å². The Morgan fingerprint density at radius 3 is 3.00 bits per heavy atom. The Kier molecular flexibility index (Phi) is 4.70. The van der Waals surface area contributed by atoms with E-state index in [4.69, 9.17) is 11.6 Å².